The number of halogens is 1. The van der Waals surface area contributed by atoms with E-state index in [0.717, 1.165) is 12.0 Å². The van der Waals surface area contributed by atoms with Gasteiger partial charge >= 0.3 is 0 Å². The summed E-state index contributed by atoms with van der Waals surface area (Å²) in [6.07, 6.45) is 4.19. The second-order valence-electron chi connectivity index (χ2n) is 4.25. The first-order chi connectivity index (χ1) is 10.6. The molecule has 0 bridgehead atoms. The molecule has 5 nitrogen and oxygen atoms in total. The lowest BCUT2D eigenvalue weighted by molar-refractivity contribution is 0.294. The van der Waals surface area contributed by atoms with E-state index in [4.69, 9.17) is 33.3 Å². The molecule has 7 heteroatoms. The molecule has 22 heavy (non-hydrogen) atoms. The second-order valence-corrected chi connectivity index (χ2v) is 5.07. The minimum atomic E-state index is 0.414. The highest BCUT2D eigenvalue weighted by molar-refractivity contribution is 7.80. The standard InChI is InChI=1S/C15H20ClN3O2S/c1-4-6-17-15(22)19-18-10-11-8-12(16)14(21-7-5-2)13(9-11)20-3/h4,8-10H,1,5-7H2,2-3H3,(H2,17,19,22)/b18-10-. The van der Waals surface area contributed by atoms with E-state index in [0.29, 0.717) is 34.8 Å². The van der Waals surface area contributed by atoms with Crippen LogP contribution in [-0.2, 0) is 0 Å². The maximum atomic E-state index is 6.22. The number of benzene rings is 1. The molecule has 0 aromatic heterocycles. The van der Waals surface area contributed by atoms with Crippen molar-refractivity contribution >= 4 is 35.1 Å². The Kier molecular flexibility index (Phi) is 8.32. The van der Waals surface area contributed by atoms with Gasteiger partial charge in [-0.1, -0.05) is 24.6 Å². The van der Waals surface area contributed by atoms with Crippen LogP contribution in [0.2, 0.25) is 5.02 Å². The van der Waals surface area contributed by atoms with Crippen molar-refractivity contribution in [3.8, 4) is 11.5 Å². The van der Waals surface area contributed by atoms with Crippen molar-refractivity contribution in [1.82, 2.24) is 10.7 Å². The largest absolute Gasteiger partial charge is 0.493 e. The fraction of sp³-hybridized carbons (Fsp3) is 0.333. The molecule has 0 heterocycles. The molecule has 0 saturated carbocycles. The third-order valence-corrected chi connectivity index (χ3v) is 3.01. The van der Waals surface area contributed by atoms with Crippen LogP contribution in [0.1, 0.15) is 18.9 Å². The lowest BCUT2D eigenvalue weighted by Crippen LogP contribution is -2.31. The van der Waals surface area contributed by atoms with Crippen LogP contribution in [0.3, 0.4) is 0 Å². The zero-order valence-corrected chi connectivity index (χ0v) is 14.3. The Bertz CT molecular complexity index is 550. The van der Waals surface area contributed by atoms with Crippen LogP contribution < -0.4 is 20.2 Å². The summed E-state index contributed by atoms with van der Waals surface area (Å²) >= 11 is 11.2. The molecule has 120 valence electrons. The Morgan fingerprint density at radius 1 is 1.50 bits per heavy atom. The fourth-order valence-electron chi connectivity index (χ4n) is 1.53. The lowest BCUT2D eigenvalue weighted by Gasteiger charge is -2.12. The number of thiocarbonyl (C=S) groups is 1. The molecule has 0 amide bonds. The molecule has 0 fully saturated rings. The summed E-state index contributed by atoms with van der Waals surface area (Å²) in [6.45, 7) is 6.77. The Balaban J connectivity index is 2.77. The fourth-order valence-corrected chi connectivity index (χ4v) is 1.94. The van der Waals surface area contributed by atoms with Crippen molar-refractivity contribution in [2.75, 3.05) is 20.3 Å². The van der Waals surface area contributed by atoms with E-state index in [1.165, 1.54) is 0 Å². The highest BCUT2D eigenvalue weighted by Crippen LogP contribution is 2.36. The number of hydrazone groups is 1. The normalized spacial score (nSPS) is 10.3. The molecular weight excluding hydrogens is 322 g/mol. The summed E-state index contributed by atoms with van der Waals surface area (Å²) in [5.41, 5.74) is 3.47. The molecular formula is C15H20ClN3O2S. The summed E-state index contributed by atoms with van der Waals surface area (Å²) in [5.74, 6) is 1.11. The van der Waals surface area contributed by atoms with E-state index < -0.39 is 0 Å². The first-order valence-electron chi connectivity index (χ1n) is 6.80. The molecule has 1 aromatic rings. The Labute approximate surface area is 141 Å². The van der Waals surface area contributed by atoms with Gasteiger partial charge in [0.25, 0.3) is 0 Å². The average Bonchev–Trinajstić information content (AvgIpc) is 2.51. The third kappa shape index (κ3) is 5.91. The predicted molar refractivity (Wildman–Crippen MR) is 95.3 cm³/mol. The maximum Gasteiger partial charge on any atom is 0.187 e. The monoisotopic (exact) mass is 341 g/mol. The highest BCUT2D eigenvalue weighted by Gasteiger charge is 2.11. The zero-order valence-electron chi connectivity index (χ0n) is 12.7. The van der Waals surface area contributed by atoms with Crippen LogP contribution >= 0.6 is 23.8 Å². The summed E-state index contributed by atoms with van der Waals surface area (Å²) in [5, 5.41) is 7.83. The molecule has 2 N–H and O–H groups in total. The number of rotatable bonds is 8. The molecule has 1 aromatic carbocycles. The first-order valence-corrected chi connectivity index (χ1v) is 7.59. The van der Waals surface area contributed by atoms with Gasteiger partial charge in [-0.05, 0) is 36.3 Å². The van der Waals surface area contributed by atoms with Crippen molar-refractivity contribution in [2.24, 2.45) is 5.10 Å². The maximum absolute atomic E-state index is 6.22. The van der Waals surface area contributed by atoms with Gasteiger partial charge in [-0.3, -0.25) is 5.43 Å². The molecule has 0 aliphatic carbocycles. The van der Waals surface area contributed by atoms with E-state index in [1.807, 2.05) is 6.92 Å². The summed E-state index contributed by atoms with van der Waals surface area (Å²) in [4.78, 5) is 0. The number of ether oxygens (including phenoxy) is 2. The van der Waals surface area contributed by atoms with Crippen LogP contribution in [0.15, 0.2) is 29.9 Å². The molecule has 0 atom stereocenters. The molecule has 0 spiro atoms. The van der Waals surface area contributed by atoms with E-state index in [1.54, 1.807) is 31.5 Å². The molecule has 0 unspecified atom stereocenters. The van der Waals surface area contributed by atoms with Gasteiger partial charge in [-0.15, -0.1) is 6.58 Å². The van der Waals surface area contributed by atoms with Gasteiger partial charge in [-0.2, -0.15) is 5.10 Å². The first kappa shape index (κ1) is 18.3. The van der Waals surface area contributed by atoms with Gasteiger partial charge in [0.15, 0.2) is 16.6 Å². The van der Waals surface area contributed by atoms with Crippen LogP contribution in [0.25, 0.3) is 0 Å². The van der Waals surface area contributed by atoms with Crippen molar-refractivity contribution < 1.29 is 9.47 Å². The van der Waals surface area contributed by atoms with Crippen molar-refractivity contribution in [3.63, 3.8) is 0 Å². The van der Waals surface area contributed by atoms with E-state index in [-0.39, 0.29) is 0 Å². The van der Waals surface area contributed by atoms with Gasteiger partial charge < -0.3 is 14.8 Å². The average molecular weight is 342 g/mol. The Morgan fingerprint density at radius 2 is 2.27 bits per heavy atom. The van der Waals surface area contributed by atoms with E-state index in [2.05, 4.69) is 22.4 Å². The van der Waals surface area contributed by atoms with Gasteiger partial charge in [-0.25, -0.2) is 0 Å². The minimum Gasteiger partial charge on any atom is -0.493 e. The molecule has 0 aliphatic rings. The molecule has 0 radical (unpaired) electrons. The highest BCUT2D eigenvalue weighted by atomic mass is 35.5. The summed E-state index contributed by atoms with van der Waals surface area (Å²) < 4.78 is 10.9. The third-order valence-electron chi connectivity index (χ3n) is 2.49. The van der Waals surface area contributed by atoms with Gasteiger partial charge in [0, 0.05) is 6.54 Å². The number of hydrogen-bond acceptors (Lipinski definition) is 4. The zero-order chi connectivity index (χ0) is 16.4. The van der Waals surface area contributed by atoms with E-state index >= 15 is 0 Å². The Hall–Kier alpha value is -1.79. The van der Waals surface area contributed by atoms with Crippen molar-refractivity contribution in [3.05, 3.63) is 35.4 Å². The minimum absolute atomic E-state index is 0.414. The SMILES string of the molecule is C=CCNC(=S)N/N=C\c1cc(Cl)c(OCCC)c(OC)c1. The van der Waals surface area contributed by atoms with Crippen molar-refractivity contribution in [2.45, 2.75) is 13.3 Å². The molecule has 1 rings (SSSR count). The number of hydrogen-bond donors (Lipinski definition) is 2. The predicted octanol–water partition coefficient (Wildman–Crippen LogP) is 3.12. The van der Waals surface area contributed by atoms with Gasteiger partial charge in [0.1, 0.15) is 0 Å². The van der Waals surface area contributed by atoms with E-state index in [9.17, 15) is 0 Å². The van der Waals surface area contributed by atoms with Crippen molar-refractivity contribution in [1.29, 1.82) is 0 Å². The smallest absolute Gasteiger partial charge is 0.187 e. The summed E-state index contributed by atoms with van der Waals surface area (Å²) in [6, 6.07) is 3.54. The lowest BCUT2D eigenvalue weighted by atomic mass is 10.2. The number of methoxy groups -OCH3 is 1. The van der Waals surface area contributed by atoms with Crippen LogP contribution in [0.4, 0.5) is 0 Å². The number of nitrogens with zero attached hydrogens (tertiary/aromatic N) is 1. The van der Waals surface area contributed by atoms with Gasteiger partial charge in [0.2, 0.25) is 0 Å². The number of nitrogens with one attached hydrogen (secondary N) is 2. The quantitative estimate of drug-likeness (QED) is 0.329. The van der Waals surface area contributed by atoms with Gasteiger partial charge in [0.05, 0.1) is 25.0 Å². The second kappa shape index (κ2) is 10.0. The Morgan fingerprint density at radius 3 is 2.91 bits per heavy atom. The molecule has 0 aliphatic heterocycles. The summed E-state index contributed by atoms with van der Waals surface area (Å²) in [7, 11) is 1.57. The van der Waals surface area contributed by atoms with Crippen LogP contribution in [0.5, 0.6) is 11.5 Å². The molecule has 0 saturated heterocycles. The van der Waals surface area contributed by atoms with Crippen LogP contribution in [-0.4, -0.2) is 31.6 Å². The topological polar surface area (TPSA) is 54.9 Å². The van der Waals surface area contributed by atoms with Crippen LogP contribution in [0, 0.1) is 0 Å².